The molecule has 96 valence electrons. The fraction of sp³-hybridized carbons (Fsp3) is 0.909. The van der Waals surface area contributed by atoms with Crippen LogP contribution in [0.15, 0.2) is 0 Å². The highest BCUT2D eigenvalue weighted by molar-refractivity contribution is 5.89. The number of rotatable bonds is 6. The molecule has 5 heteroatoms. The number of carbonyl (C=O) groups is 1. The molecule has 0 aromatic carbocycles. The molecule has 0 heterocycles. The van der Waals surface area contributed by atoms with Crippen molar-refractivity contribution in [3.63, 3.8) is 0 Å². The number of hydrogen-bond acceptors (Lipinski definition) is 5. The van der Waals surface area contributed by atoms with Gasteiger partial charge in [0.1, 0.15) is 12.2 Å². The van der Waals surface area contributed by atoms with Gasteiger partial charge in [-0.1, -0.05) is 27.7 Å². The standard InChI is InChI=1S/C11H22O5/c1-6(2)9(14)11(16,7(3)4)10(15)8(13)5-12/h6-8,10,12-13,15-16H,5H2,1-4H3/t8-,10+,11+/m1/s1. The van der Waals surface area contributed by atoms with E-state index in [1.165, 1.54) is 0 Å². The summed E-state index contributed by atoms with van der Waals surface area (Å²) in [6, 6.07) is 0. The zero-order chi connectivity index (χ0) is 13.1. The Hall–Kier alpha value is -0.490. The predicted octanol–water partition coefficient (Wildman–Crippen LogP) is -0.687. The molecule has 0 saturated heterocycles. The maximum absolute atomic E-state index is 11.9. The predicted molar refractivity (Wildman–Crippen MR) is 58.7 cm³/mol. The van der Waals surface area contributed by atoms with E-state index in [1.54, 1.807) is 27.7 Å². The van der Waals surface area contributed by atoms with Crippen LogP contribution in [0.2, 0.25) is 0 Å². The quantitative estimate of drug-likeness (QED) is 0.488. The molecule has 0 spiro atoms. The average Bonchev–Trinajstić information content (AvgIpc) is 2.24. The molecule has 0 fully saturated rings. The molecule has 0 rings (SSSR count). The van der Waals surface area contributed by atoms with Crippen molar-refractivity contribution in [2.45, 2.75) is 45.5 Å². The lowest BCUT2D eigenvalue weighted by molar-refractivity contribution is -0.178. The Kier molecular flexibility index (Phi) is 5.55. The SMILES string of the molecule is CC(C)C(=O)[C@@](O)(C(C)C)[C@@H](O)[C@H](O)CO. The second kappa shape index (κ2) is 5.72. The molecule has 0 bridgehead atoms. The molecule has 0 amide bonds. The van der Waals surface area contributed by atoms with E-state index in [-0.39, 0.29) is 0 Å². The Morgan fingerprint density at radius 2 is 1.62 bits per heavy atom. The van der Waals surface area contributed by atoms with Gasteiger partial charge in [0, 0.05) is 5.92 Å². The molecule has 0 radical (unpaired) electrons. The van der Waals surface area contributed by atoms with Crippen LogP contribution in [0.1, 0.15) is 27.7 Å². The maximum Gasteiger partial charge on any atom is 0.169 e. The molecule has 0 unspecified atom stereocenters. The monoisotopic (exact) mass is 234 g/mol. The second-order valence-corrected chi connectivity index (χ2v) is 4.69. The van der Waals surface area contributed by atoms with Crippen LogP contribution in [-0.2, 0) is 4.79 Å². The van der Waals surface area contributed by atoms with E-state index in [4.69, 9.17) is 5.11 Å². The highest BCUT2D eigenvalue weighted by atomic mass is 16.4. The number of aliphatic hydroxyl groups is 4. The van der Waals surface area contributed by atoms with Gasteiger partial charge in [-0.3, -0.25) is 4.79 Å². The summed E-state index contributed by atoms with van der Waals surface area (Å²) in [5.41, 5.74) is -2.03. The minimum absolute atomic E-state index is 0.465. The zero-order valence-electron chi connectivity index (χ0n) is 10.2. The van der Waals surface area contributed by atoms with Crippen LogP contribution < -0.4 is 0 Å². The third kappa shape index (κ3) is 2.79. The van der Waals surface area contributed by atoms with Gasteiger partial charge in [-0.2, -0.15) is 0 Å². The third-order valence-corrected chi connectivity index (χ3v) is 2.80. The van der Waals surface area contributed by atoms with Gasteiger partial charge in [0.15, 0.2) is 11.4 Å². The first-order valence-corrected chi connectivity index (χ1v) is 5.43. The van der Waals surface area contributed by atoms with Crippen LogP contribution >= 0.6 is 0 Å². The van der Waals surface area contributed by atoms with Crippen molar-refractivity contribution >= 4 is 5.78 Å². The minimum atomic E-state index is -2.03. The summed E-state index contributed by atoms with van der Waals surface area (Å²) in [6.45, 7) is 5.66. The topological polar surface area (TPSA) is 98.0 Å². The summed E-state index contributed by atoms with van der Waals surface area (Å²) in [5.74, 6) is -1.56. The molecule has 0 aromatic heterocycles. The van der Waals surface area contributed by atoms with Gasteiger partial charge in [0.2, 0.25) is 0 Å². The van der Waals surface area contributed by atoms with E-state index in [2.05, 4.69) is 0 Å². The van der Waals surface area contributed by atoms with Crippen molar-refractivity contribution in [3.05, 3.63) is 0 Å². The lowest BCUT2D eigenvalue weighted by Gasteiger charge is -2.38. The Morgan fingerprint density at radius 1 is 1.19 bits per heavy atom. The Labute approximate surface area is 95.7 Å². The number of ketones is 1. The number of aliphatic hydroxyl groups excluding tert-OH is 3. The lowest BCUT2D eigenvalue weighted by atomic mass is 9.76. The minimum Gasteiger partial charge on any atom is -0.394 e. The molecule has 16 heavy (non-hydrogen) atoms. The number of hydrogen-bond donors (Lipinski definition) is 4. The van der Waals surface area contributed by atoms with E-state index < -0.39 is 42.0 Å². The Morgan fingerprint density at radius 3 is 1.88 bits per heavy atom. The van der Waals surface area contributed by atoms with Crippen molar-refractivity contribution in [1.82, 2.24) is 0 Å². The zero-order valence-corrected chi connectivity index (χ0v) is 10.2. The van der Waals surface area contributed by atoms with Gasteiger partial charge in [-0.25, -0.2) is 0 Å². The van der Waals surface area contributed by atoms with E-state index >= 15 is 0 Å². The molecular formula is C11H22O5. The summed E-state index contributed by atoms with van der Waals surface area (Å²) < 4.78 is 0. The first-order chi connectivity index (χ1) is 7.19. The van der Waals surface area contributed by atoms with Crippen molar-refractivity contribution in [3.8, 4) is 0 Å². The highest BCUT2D eigenvalue weighted by Gasteiger charge is 2.49. The molecule has 0 aliphatic carbocycles. The average molecular weight is 234 g/mol. The van der Waals surface area contributed by atoms with Gasteiger partial charge < -0.3 is 20.4 Å². The van der Waals surface area contributed by atoms with Crippen molar-refractivity contribution in [2.24, 2.45) is 11.8 Å². The Bertz CT molecular complexity index is 239. The van der Waals surface area contributed by atoms with Crippen LogP contribution in [0.3, 0.4) is 0 Å². The molecule has 4 N–H and O–H groups in total. The molecule has 3 atom stereocenters. The van der Waals surface area contributed by atoms with E-state index in [9.17, 15) is 20.1 Å². The Balaban J connectivity index is 5.19. The van der Waals surface area contributed by atoms with Crippen LogP contribution in [0.4, 0.5) is 0 Å². The van der Waals surface area contributed by atoms with Crippen LogP contribution in [-0.4, -0.2) is 50.6 Å². The summed E-state index contributed by atoms with van der Waals surface area (Å²) in [4.78, 5) is 11.9. The molecule has 5 nitrogen and oxygen atoms in total. The van der Waals surface area contributed by atoms with Gasteiger partial charge >= 0.3 is 0 Å². The summed E-state index contributed by atoms with van der Waals surface area (Å²) in [7, 11) is 0. The van der Waals surface area contributed by atoms with Crippen LogP contribution in [0.5, 0.6) is 0 Å². The van der Waals surface area contributed by atoms with E-state index in [1.807, 2.05) is 0 Å². The summed E-state index contributed by atoms with van der Waals surface area (Å²) in [6.07, 6.45) is -3.22. The fourth-order valence-corrected chi connectivity index (χ4v) is 1.63. The molecule has 0 aliphatic heterocycles. The first-order valence-electron chi connectivity index (χ1n) is 5.43. The maximum atomic E-state index is 11.9. The van der Waals surface area contributed by atoms with Gasteiger partial charge in [-0.05, 0) is 5.92 Å². The third-order valence-electron chi connectivity index (χ3n) is 2.80. The molecule has 0 saturated carbocycles. The summed E-state index contributed by atoms with van der Waals surface area (Å²) in [5, 5.41) is 38.0. The summed E-state index contributed by atoms with van der Waals surface area (Å²) >= 11 is 0. The first kappa shape index (κ1) is 15.5. The molecular weight excluding hydrogens is 212 g/mol. The normalized spacial score (nSPS) is 19.6. The highest BCUT2D eigenvalue weighted by Crippen LogP contribution is 2.27. The van der Waals surface area contributed by atoms with Gasteiger partial charge in [0.25, 0.3) is 0 Å². The molecule has 0 aliphatic rings. The van der Waals surface area contributed by atoms with Gasteiger partial charge in [-0.15, -0.1) is 0 Å². The number of carbonyl (C=O) groups excluding carboxylic acids is 1. The van der Waals surface area contributed by atoms with E-state index in [0.717, 1.165) is 0 Å². The number of Topliss-reactive ketones (excluding diaryl/α,β-unsaturated/α-hetero) is 1. The van der Waals surface area contributed by atoms with E-state index in [0.29, 0.717) is 0 Å². The smallest absolute Gasteiger partial charge is 0.169 e. The van der Waals surface area contributed by atoms with Crippen molar-refractivity contribution in [2.75, 3.05) is 6.61 Å². The van der Waals surface area contributed by atoms with Gasteiger partial charge in [0.05, 0.1) is 6.61 Å². The van der Waals surface area contributed by atoms with Crippen molar-refractivity contribution < 1.29 is 25.2 Å². The molecule has 0 aromatic rings. The van der Waals surface area contributed by atoms with Crippen molar-refractivity contribution in [1.29, 1.82) is 0 Å². The fourth-order valence-electron chi connectivity index (χ4n) is 1.63. The largest absolute Gasteiger partial charge is 0.394 e. The van der Waals surface area contributed by atoms with Crippen LogP contribution in [0.25, 0.3) is 0 Å². The van der Waals surface area contributed by atoms with Crippen LogP contribution in [0, 0.1) is 11.8 Å². The second-order valence-electron chi connectivity index (χ2n) is 4.69. The lowest BCUT2D eigenvalue weighted by Crippen LogP contribution is -2.60.